The predicted octanol–water partition coefficient (Wildman–Crippen LogP) is 3.32. The molecular formula is C19H15FN2O4S. The van der Waals surface area contributed by atoms with Gasteiger partial charge in [-0.3, -0.25) is 9.59 Å². The third kappa shape index (κ3) is 4.29. The maximum absolute atomic E-state index is 13.3. The lowest BCUT2D eigenvalue weighted by molar-refractivity contribution is -0.123. The van der Waals surface area contributed by atoms with Crippen LogP contribution in [0, 0.1) is 5.82 Å². The number of fused-ring (bicyclic) bond motifs is 1. The van der Waals surface area contributed by atoms with Crippen molar-refractivity contribution in [2.45, 2.75) is 13.0 Å². The zero-order valence-corrected chi connectivity index (χ0v) is 15.0. The van der Waals surface area contributed by atoms with Gasteiger partial charge in [-0.2, -0.15) is 0 Å². The van der Waals surface area contributed by atoms with Crippen LogP contribution in [0.5, 0.6) is 0 Å². The summed E-state index contributed by atoms with van der Waals surface area (Å²) in [5, 5.41) is 3.31. The maximum Gasteiger partial charge on any atom is 0.349 e. The highest BCUT2D eigenvalue weighted by Crippen LogP contribution is 2.27. The first-order valence-corrected chi connectivity index (χ1v) is 8.76. The summed E-state index contributed by atoms with van der Waals surface area (Å²) in [6.07, 6.45) is -1.05. The van der Waals surface area contributed by atoms with Gasteiger partial charge >= 0.3 is 5.97 Å². The lowest BCUT2D eigenvalue weighted by Gasteiger charge is -2.13. The molecule has 0 aliphatic carbocycles. The maximum atomic E-state index is 13.3. The number of nitrogens with two attached hydrogens (primary N) is 1. The number of esters is 1. The first kappa shape index (κ1) is 18.5. The van der Waals surface area contributed by atoms with Crippen molar-refractivity contribution in [2.24, 2.45) is 5.73 Å². The fraction of sp³-hybridized carbons (Fsp3) is 0.105. The van der Waals surface area contributed by atoms with Gasteiger partial charge in [-0.1, -0.05) is 6.07 Å². The van der Waals surface area contributed by atoms with Crippen molar-refractivity contribution in [1.29, 1.82) is 0 Å². The van der Waals surface area contributed by atoms with Crippen LogP contribution >= 0.6 is 11.3 Å². The van der Waals surface area contributed by atoms with E-state index in [1.165, 1.54) is 43.3 Å². The molecule has 1 aromatic heterocycles. The molecule has 0 radical (unpaired) electrons. The van der Waals surface area contributed by atoms with E-state index in [0.717, 1.165) is 16.7 Å². The Bertz CT molecular complexity index is 1030. The Morgan fingerprint density at radius 3 is 2.48 bits per heavy atom. The quantitative estimate of drug-likeness (QED) is 0.657. The van der Waals surface area contributed by atoms with Crippen molar-refractivity contribution in [2.75, 3.05) is 5.32 Å². The number of carbonyl (C=O) groups excluding carboxylic acids is 3. The van der Waals surface area contributed by atoms with Gasteiger partial charge in [0.2, 0.25) is 5.91 Å². The van der Waals surface area contributed by atoms with Crippen LogP contribution in [0.3, 0.4) is 0 Å². The number of amides is 2. The molecule has 0 aliphatic rings. The second-order valence-electron chi connectivity index (χ2n) is 5.77. The molecule has 8 heteroatoms. The van der Waals surface area contributed by atoms with Crippen LogP contribution in [-0.2, 0) is 9.53 Å². The van der Waals surface area contributed by atoms with Crippen molar-refractivity contribution < 1.29 is 23.5 Å². The van der Waals surface area contributed by atoms with Gasteiger partial charge < -0.3 is 15.8 Å². The van der Waals surface area contributed by atoms with Gasteiger partial charge in [0, 0.05) is 16.0 Å². The standard InChI is InChI=1S/C19H15FN2O4S/c1-10(18(24)22-14-6-3-11(4-7-14)17(21)23)26-19(25)16-8-12-2-5-13(20)9-15(12)27-16/h2-10H,1H3,(H2,21,23)(H,22,24). The second-order valence-corrected chi connectivity index (χ2v) is 6.85. The molecule has 2 aromatic carbocycles. The number of benzene rings is 2. The number of primary amides is 1. The van der Waals surface area contributed by atoms with Crippen LogP contribution in [0.4, 0.5) is 10.1 Å². The minimum Gasteiger partial charge on any atom is -0.448 e. The summed E-state index contributed by atoms with van der Waals surface area (Å²) in [4.78, 5) is 35.8. The zero-order valence-electron chi connectivity index (χ0n) is 14.2. The van der Waals surface area contributed by atoms with E-state index in [0.29, 0.717) is 16.0 Å². The number of hydrogen-bond acceptors (Lipinski definition) is 5. The average molecular weight is 386 g/mol. The first-order chi connectivity index (χ1) is 12.8. The van der Waals surface area contributed by atoms with E-state index in [1.54, 1.807) is 12.1 Å². The minimum atomic E-state index is -1.05. The summed E-state index contributed by atoms with van der Waals surface area (Å²) in [6.45, 7) is 1.44. The highest BCUT2D eigenvalue weighted by Gasteiger charge is 2.20. The van der Waals surface area contributed by atoms with Crippen LogP contribution in [0.2, 0.25) is 0 Å². The van der Waals surface area contributed by atoms with Crippen LogP contribution in [0.25, 0.3) is 10.1 Å². The van der Waals surface area contributed by atoms with Crippen molar-refractivity contribution in [3.05, 3.63) is 64.8 Å². The summed E-state index contributed by atoms with van der Waals surface area (Å²) in [5.74, 6) is -2.15. The molecule has 6 nitrogen and oxygen atoms in total. The summed E-state index contributed by atoms with van der Waals surface area (Å²) in [5.41, 5.74) is 5.91. The lowest BCUT2D eigenvalue weighted by Crippen LogP contribution is -2.29. The van der Waals surface area contributed by atoms with Crippen molar-refractivity contribution in [3.63, 3.8) is 0 Å². The van der Waals surface area contributed by atoms with Gasteiger partial charge in [-0.05, 0) is 54.8 Å². The van der Waals surface area contributed by atoms with E-state index in [2.05, 4.69) is 5.32 Å². The largest absolute Gasteiger partial charge is 0.448 e. The number of nitrogens with one attached hydrogen (secondary N) is 1. The molecule has 27 heavy (non-hydrogen) atoms. The van der Waals surface area contributed by atoms with E-state index in [9.17, 15) is 18.8 Å². The molecule has 0 fully saturated rings. The molecule has 0 aliphatic heterocycles. The first-order valence-electron chi connectivity index (χ1n) is 7.94. The third-order valence-corrected chi connectivity index (χ3v) is 4.85. The molecule has 1 heterocycles. The van der Waals surface area contributed by atoms with Gasteiger partial charge in [0.25, 0.3) is 5.91 Å². The van der Waals surface area contributed by atoms with Gasteiger partial charge in [-0.25, -0.2) is 9.18 Å². The van der Waals surface area contributed by atoms with E-state index in [-0.39, 0.29) is 10.7 Å². The molecule has 3 aromatic rings. The number of ether oxygens (including phenoxy) is 1. The Morgan fingerprint density at radius 2 is 1.81 bits per heavy atom. The molecule has 138 valence electrons. The summed E-state index contributed by atoms with van der Waals surface area (Å²) < 4.78 is 19.1. The van der Waals surface area contributed by atoms with Gasteiger partial charge in [0.1, 0.15) is 10.7 Å². The van der Waals surface area contributed by atoms with E-state index >= 15 is 0 Å². The lowest BCUT2D eigenvalue weighted by atomic mass is 10.2. The van der Waals surface area contributed by atoms with Gasteiger partial charge in [0.05, 0.1) is 0 Å². The predicted molar refractivity (Wildman–Crippen MR) is 100 cm³/mol. The fourth-order valence-electron chi connectivity index (χ4n) is 2.34. The zero-order chi connectivity index (χ0) is 19.6. The Balaban J connectivity index is 1.64. The fourth-order valence-corrected chi connectivity index (χ4v) is 3.31. The molecule has 0 saturated heterocycles. The minimum absolute atomic E-state index is 0.279. The van der Waals surface area contributed by atoms with Gasteiger partial charge in [0.15, 0.2) is 6.10 Å². The SMILES string of the molecule is CC(OC(=O)c1cc2ccc(F)cc2s1)C(=O)Nc1ccc(C(N)=O)cc1. The molecular weight excluding hydrogens is 371 g/mol. The molecule has 3 N–H and O–H groups in total. The topological polar surface area (TPSA) is 98.5 Å². The summed E-state index contributed by atoms with van der Waals surface area (Å²) in [6, 6.07) is 11.8. The molecule has 0 spiro atoms. The Morgan fingerprint density at radius 1 is 1.11 bits per heavy atom. The van der Waals surface area contributed by atoms with E-state index in [4.69, 9.17) is 10.5 Å². The van der Waals surface area contributed by atoms with Crippen molar-refractivity contribution >= 4 is 44.9 Å². The molecule has 1 unspecified atom stereocenters. The van der Waals surface area contributed by atoms with Gasteiger partial charge in [-0.15, -0.1) is 11.3 Å². The molecule has 1 atom stereocenters. The normalized spacial score (nSPS) is 11.8. The highest BCUT2D eigenvalue weighted by atomic mass is 32.1. The van der Waals surface area contributed by atoms with Crippen molar-refractivity contribution in [1.82, 2.24) is 0 Å². The number of carbonyl (C=O) groups is 3. The Labute approximate surface area is 157 Å². The van der Waals surface area contributed by atoms with Crippen molar-refractivity contribution in [3.8, 4) is 0 Å². The highest BCUT2D eigenvalue weighted by molar-refractivity contribution is 7.20. The van der Waals surface area contributed by atoms with E-state index in [1.807, 2.05) is 0 Å². The third-order valence-electron chi connectivity index (χ3n) is 3.77. The number of hydrogen-bond donors (Lipinski definition) is 2. The summed E-state index contributed by atoms with van der Waals surface area (Å²) in [7, 11) is 0. The number of rotatable bonds is 5. The van der Waals surface area contributed by atoms with E-state index < -0.39 is 23.9 Å². The average Bonchev–Trinajstić information content (AvgIpc) is 3.05. The molecule has 0 bridgehead atoms. The number of thiophene rings is 1. The molecule has 2 amide bonds. The Kier molecular flexibility index (Phi) is 5.18. The number of anilines is 1. The van der Waals surface area contributed by atoms with Crippen LogP contribution in [0.15, 0.2) is 48.5 Å². The van der Waals surface area contributed by atoms with Crippen LogP contribution < -0.4 is 11.1 Å². The smallest absolute Gasteiger partial charge is 0.349 e. The molecule has 3 rings (SSSR count). The number of halogens is 1. The monoisotopic (exact) mass is 386 g/mol. The van der Waals surface area contributed by atoms with Crippen LogP contribution in [-0.4, -0.2) is 23.9 Å². The second kappa shape index (κ2) is 7.55. The van der Waals surface area contributed by atoms with Crippen LogP contribution in [0.1, 0.15) is 27.0 Å². The molecule has 0 saturated carbocycles. The summed E-state index contributed by atoms with van der Waals surface area (Å²) >= 11 is 1.09. The Hall–Kier alpha value is -3.26.